The number of aromatic nitrogens is 4. The number of benzene rings is 1. The number of rotatable bonds is 5. The molecule has 8 heteroatoms. The predicted octanol–water partition coefficient (Wildman–Crippen LogP) is 2.74. The first kappa shape index (κ1) is 16.3. The molecule has 24 heavy (non-hydrogen) atoms. The van der Waals surface area contributed by atoms with Crippen LogP contribution in [0.25, 0.3) is 5.69 Å². The molecule has 1 aromatic carbocycles. The average Bonchev–Trinajstić information content (AvgIpc) is 3.04. The molecule has 0 unspecified atom stereocenters. The predicted molar refractivity (Wildman–Crippen MR) is 89.4 cm³/mol. The third-order valence-corrected chi connectivity index (χ3v) is 4.40. The molecule has 1 N–H and O–H groups in total. The second-order valence-electron chi connectivity index (χ2n) is 5.50. The van der Waals surface area contributed by atoms with E-state index in [1.54, 1.807) is 4.68 Å². The van der Waals surface area contributed by atoms with E-state index in [-0.39, 0.29) is 0 Å². The Labute approximate surface area is 142 Å². The minimum absolute atomic E-state index is 0.375. The van der Waals surface area contributed by atoms with E-state index in [1.807, 2.05) is 12.1 Å². The minimum atomic E-state index is -0.472. The molecule has 0 saturated heterocycles. The normalized spacial score (nSPS) is 11.1. The largest absolute Gasteiger partial charge is 0.502 e. The molecule has 7 nitrogen and oxygen atoms in total. The Bertz CT molecular complexity index is 887. The second kappa shape index (κ2) is 6.88. The highest BCUT2D eigenvalue weighted by molar-refractivity contribution is 7.98. The lowest BCUT2D eigenvalue weighted by atomic mass is 10.0. The van der Waals surface area contributed by atoms with Crippen molar-refractivity contribution in [2.24, 2.45) is 0 Å². The van der Waals surface area contributed by atoms with Crippen LogP contribution in [0.15, 0.2) is 51.0 Å². The molecule has 3 aromatic rings. The molecule has 0 bridgehead atoms. The Kier molecular flexibility index (Phi) is 4.66. The molecule has 0 aliphatic heterocycles. The zero-order chi connectivity index (χ0) is 17.1. The summed E-state index contributed by atoms with van der Waals surface area (Å²) in [5.74, 6) is 0.866. The zero-order valence-corrected chi connectivity index (χ0v) is 14.0. The van der Waals surface area contributed by atoms with E-state index in [4.69, 9.17) is 4.42 Å². The van der Waals surface area contributed by atoms with Crippen LogP contribution in [0.4, 0.5) is 0 Å². The molecular weight excluding hydrogens is 328 g/mol. The summed E-state index contributed by atoms with van der Waals surface area (Å²) in [6.45, 7) is 4.28. The van der Waals surface area contributed by atoms with Crippen LogP contribution in [-0.2, 0) is 5.75 Å². The summed E-state index contributed by atoms with van der Waals surface area (Å²) in [7, 11) is 0. The van der Waals surface area contributed by atoms with Crippen molar-refractivity contribution in [3.8, 4) is 11.4 Å². The van der Waals surface area contributed by atoms with Gasteiger partial charge in [0.15, 0.2) is 5.75 Å². The highest BCUT2D eigenvalue weighted by Gasteiger charge is 2.11. The number of tetrazole rings is 1. The third-order valence-electron chi connectivity index (χ3n) is 3.46. The lowest BCUT2D eigenvalue weighted by molar-refractivity contribution is 0.419. The third kappa shape index (κ3) is 3.48. The molecule has 0 atom stereocenters. The molecular formula is C16H16N4O3S. The lowest BCUT2D eigenvalue weighted by Gasteiger charge is -2.07. The molecule has 0 saturated carbocycles. The molecule has 124 valence electrons. The van der Waals surface area contributed by atoms with Gasteiger partial charge in [0.25, 0.3) is 0 Å². The molecule has 3 rings (SSSR count). The van der Waals surface area contributed by atoms with E-state index < -0.39 is 11.2 Å². The monoisotopic (exact) mass is 344 g/mol. The van der Waals surface area contributed by atoms with E-state index in [2.05, 4.69) is 41.5 Å². The Balaban J connectivity index is 1.77. The van der Waals surface area contributed by atoms with Gasteiger partial charge in [-0.25, -0.2) is 0 Å². The van der Waals surface area contributed by atoms with Crippen LogP contribution in [0.2, 0.25) is 0 Å². The number of thioether (sulfide) groups is 1. The summed E-state index contributed by atoms with van der Waals surface area (Å²) in [5.41, 5.74) is 1.63. The van der Waals surface area contributed by atoms with Crippen molar-refractivity contribution in [1.29, 1.82) is 0 Å². The highest BCUT2D eigenvalue weighted by Crippen LogP contribution is 2.23. The van der Waals surface area contributed by atoms with E-state index >= 15 is 0 Å². The maximum absolute atomic E-state index is 11.4. The van der Waals surface area contributed by atoms with E-state index in [1.165, 1.54) is 23.4 Å². The maximum atomic E-state index is 11.4. The Hall–Kier alpha value is -2.61. The van der Waals surface area contributed by atoms with Crippen LogP contribution in [0.1, 0.15) is 31.1 Å². The van der Waals surface area contributed by atoms with Gasteiger partial charge in [0.05, 0.1) is 11.4 Å². The topological polar surface area (TPSA) is 94.0 Å². The van der Waals surface area contributed by atoms with Gasteiger partial charge < -0.3 is 9.52 Å². The summed E-state index contributed by atoms with van der Waals surface area (Å²) in [6.07, 6.45) is 1.03. The highest BCUT2D eigenvalue weighted by atomic mass is 32.2. The lowest BCUT2D eigenvalue weighted by Crippen LogP contribution is -2.01. The first-order chi connectivity index (χ1) is 11.5. The number of aromatic hydroxyl groups is 1. The quantitative estimate of drug-likeness (QED) is 0.711. The number of hydrogen-bond donors (Lipinski definition) is 1. The van der Waals surface area contributed by atoms with Crippen LogP contribution in [0, 0.1) is 0 Å². The van der Waals surface area contributed by atoms with Crippen LogP contribution in [0.3, 0.4) is 0 Å². The van der Waals surface area contributed by atoms with Gasteiger partial charge in [-0.05, 0) is 34.0 Å². The molecule has 0 amide bonds. The molecule has 0 aliphatic carbocycles. The second-order valence-corrected chi connectivity index (χ2v) is 6.45. The van der Waals surface area contributed by atoms with Gasteiger partial charge in [-0.15, -0.1) is 5.10 Å². The van der Waals surface area contributed by atoms with Gasteiger partial charge in [0.2, 0.25) is 10.6 Å². The summed E-state index contributed by atoms with van der Waals surface area (Å²) < 4.78 is 6.81. The van der Waals surface area contributed by atoms with Gasteiger partial charge in [0.1, 0.15) is 12.0 Å². The van der Waals surface area contributed by atoms with Crippen molar-refractivity contribution < 1.29 is 9.52 Å². The molecule has 0 aliphatic rings. The molecule has 2 aromatic heterocycles. The summed E-state index contributed by atoms with van der Waals surface area (Å²) in [6, 6.07) is 9.30. The van der Waals surface area contributed by atoms with Crippen LogP contribution in [0.5, 0.6) is 5.75 Å². The van der Waals surface area contributed by atoms with Crippen molar-refractivity contribution in [1.82, 2.24) is 20.2 Å². The van der Waals surface area contributed by atoms with Crippen molar-refractivity contribution in [2.75, 3.05) is 0 Å². The fourth-order valence-corrected chi connectivity index (χ4v) is 2.87. The van der Waals surface area contributed by atoms with Crippen molar-refractivity contribution >= 4 is 11.8 Å². The van der Waals surface area contributed by atoms with Gasteiger partial charge in [0, 0.05) is 6.07 Å². The Morgan fingerprint density at radius 2 is 2.04 bits per heavy atom. The number of nitrogens with zero attached hydrogens (tertiary/aromatic N) is 4. The Morgan fingerprint density at radius 3 is 2.71 bits per heavy atom. The number of hydrogen-bond acceptors (Lipinski definition) is 7. The molecule has 2 heterocycles. The van der Waals surface area contributed by atoms with Gasteiger partial charge in [-0.2, -0.15) is 4.68 Å². The van der Waals surface area contributed by atoms with E-state index in [9.17, 15) is 9.90 Å². The Morgan fingerprint density at radius 1 is 1.29 bits per heavy atom. The molecule has 0 fully saturated rings. The maximum Gasteiger partial charge on any atom is 0.226 e. The zero-order valence-electron chi connectivity index (χ0n) is 13.2. The van der Waals surface area contributed by atoms with Crippen molar-refractivity contribution in [3.05, 3.63) is 58.1 Å². The van der Waals surface area contributed by atoms with Crippen LogP contribution >= 0.6 is 11.8 Å². The molecule has 0 spiro atoms. The molecule has 0 radical (unpaired) electrons. The summed E-state index contributed by atoms with van der Waals surface area (Å²) in [4.78, 5) is 11.4. The SMILES string of the molecule is CC(C)c1ccc(-n2nnnc2SCc2cc(=O)c(O)co2)cc1. The smallest absolute Gasteiger partial charge is 0.226 e. The van der Waals surface area contributed by atoms with Gasteiger partial charge in [-0.1, -0.05) is 37.7 Å². The summed E-state index contributed by atoms with van der Waals surface area (Å²) in [5, 5.41) is 21.5. The van der Waals surface area contributed by atoms with Crippen LogP contribution < -0.4 is 5.43 Å². The van der Waals surface area contributed by atoms with Crippen molar-refractivity contribution in [2.45, 2.75) is 30.7 Å². The fraction of sp³-hybridized carbons (Fsp3) is 0.250. The van der Waals surface area contributed by atoms with E-state index in [0.29, 0.717) is 22.6 Å². The van der Waals surface area contributed by atoms with E-state index in [0.717, 1.165) is 12.0 Å². The van der Waals surface area contributed by atoms with Crippen LogP contribution in [-0.4, -0.2) is 25.3 Å². The summed E-state index contributed by atoms with van der Waals surface area (Å²) >= 11 is 1.34. The first-order valence-electron chi connectivity index (χ1n) is 7.37. The average molecular weight is 344 g/mol. The van der Waals surface area contributed by atoms with Gasteiger partial charge >= 0.3 is 0 Å². The standard InChI is InChI=1S/C16H16N4O3S/c1-10(2)11-3-5-12(6-4-11)20-16(17-18-19-20)24-9-13-7-14(21)15(22)8-23-13/h3-8,10,22H,9H2,1-2H3. The first-order valence-corrected chi connectivity index (χ1v) is 8.35. The minimum Gasteiger partial charge on any atom is -0.502 e. The van der Waals surface area contributed by atoms with Crippen molar-refractivity contribution in [3.63, 3.8) is 0 Å². The fourth-order valence-electron chi connectivity index (χ4n) is 2.09. The van der Waals surface area contributed by atoms with Gasteiger partial charge in [-0.3, -0.25) is 4.79 Å².